The van der Waals surface area contributed by atoms with Crippen LogP contribution in [0.5, 0.6) is 0 Å². The van der Waals surface area contributed by atoms with E-state index in [0.29, 0.717) is 0 Å². The molecule has 0 bridgehead atoms. The van der Waals surface area contributed by atoms with Crippen LogP contribution in [-0.4, -0.2) is 38.0 Å². The number of ether oxygens (including phenoxy) is 1. The monoisotopic (exact) mass is 322 g/mol. The molecular weight excluding hydrogens is 307 g/mol. The van der Waals surface area contributed by atoms with Gasteiger partial charge in [-0.2, -0.15) is 4.31 Å². The van der Waals surface area contributed by atoms with Gasteiger partial charge < -0.3 is 10.5 Å². The van der Waals surface area contributed by atoms with Crippen LogP contribution in [0.15, 0.2) is 17.0 Å². The van der Waals surface area contributed by atoms with Crippen LogP contribution in [0.2, 0.25) is 5.02 Å². The van der Waals surface area contributed by atoms with Crippen LogP contribution in [0.3, 0.4) is 0 Å². The van der Waals surface area contributed by atoms with E-state index >= 15 is 0 Å². The molecule has 1 aromatic carbocycles. The average molecular weight is 323 g/mol. The van der Waals surface area contributed by atoms with E-state index in [2.05, 4.69) is 0 Å². The number of nitrogens with zero attached hydrogens (tertiary/aromatic N) is 1. The Morgan fingerprint density at radius 1 is 1.45 bits per heavy atom. The van der Waals surface area contributed by atoms with E-state index in [1.807, 2.05) is 0 Å². The molecule has 0 saturated carbocycles. The molecule has 2 N–H and O–H groups in total. The minimum Gasteiger partial charge on any atom is -0.396 e. The minimum atomic E-state index is -4.01. The number of morpholine rings is 1. The number of rotatable bonds is 2. The van der Waals surface area contributed by atoms with Crippen LogP contribution < -0.4 is 5.73 Å². The highest BCUT2D eigenvalue weighted by molar-refractivity contribution is 7.89. The molecule has 0 spiro atoms. The summed E-state index contributed by atoms with van der Waals surface area (Å²) in [5.41, 5.74) is 5.16. The fourth-order valence-corrected chi connectivity index (χ4v) is 4.21. The molecule has 1 heterocycles. The molecular formula is C12H16ClFN2O3S. The first-order valence-electron chi connectivity index (χ1n) is 6.11. The Kier molecular flexibility index (Phi) is 4.24. The lowest BCUT2D eigenvalue weighted by molar-refractivity contribution is -0.0171. The molecule has 1 aliphatic rings. The SMILES string of the molecule is CC1CN(S(=O)(=O)c2cc(Cl)cc(N)c2F)C(C)CO1. The minimum absolute atomic E-state index is 0.0800. The molecule has 1 aromatic rings. The summed E-state index contributed by atoms with van der Waals surface area (Å²) >= 11 is 5.78. The number of sulfonamides is 1. The maximum Gasteiger partial charge on any atom is 0.246 e. The predicted molar refractivity (Wildman–Crippen MR) is 74.6 cm³/mol. The molecule has 0 radical (unpaired) electrons. The number of hydrogen-bond acceptors (Lipinski definition) is 4. The van der Waals surface area contributed by atoms with Crippen LogP contribution in [0, 0.1) is 5.82 Å². The molecule has 1 fully saturated rings. The van der Waals surface area contributed by atoms with Crippen LogP contribution in [0.25, 0.3) is 0 Å². The molecule has 112 valence electrons. The summed E-state index contributed by atoms with van der Waals surface area (Å²) in [5.74, 6) is -0.972. The number of nitrogen functional groups attached to an aromatic ring is 1. The van der Waals surface area contributed by atoms with E-state index in [-0.39, 0.29) is 36.0 Å². The lowest BCUT2D eigenvalue weighted by Gasteiger charge is -2.35. The van der Waals surface area contributed by atoms with Crippen molar-refractivity contribution in [3.8, 4) is 0 Å². The number of halogens is 2. The van der Waals surface area contributed by atoms with E-state index in [1.54, 1.807) is 13.8 Å². The third-order valence-corrected chi connectivity index (χ3v) is 5.37. The van der Waals surface area contributed by atoms with Gasteiger partial charge in [0.05, 0.1) is 18.4 Å². The van der Waals surface area contributed by atoms with Crippen molar-refractivity contribution in [2.45, 2.75) is 30.9 Å². The highest BCUT2D eigenvalue weighted by atomic mass is 35.5. The van der Waals surface area contributed by atoms with Gasteiger partial charge in [0.1, 0.15) is 4.90 Å². The number of hydrogen-bond donors (Lipinski definition) is 1. The van der Waals surface area contributed by atoms with Gasteiger partial charge in [-0.3, -0.25) is 0 Å². The molecule has 0 amide bonds. The maximum atomic E-state index is 14.0. The van der Waals surface area contributed by atoms with Crippen LogP contribution >= 0.6 is 11.6 Å². The molecule has 20 heavy (non-hydrogen) atoms. The first kappa shape index (κ1) is 15.5. The van der Waals surface area contributed by atoms with Gasteiger partial charge in [0.25, 0.3) is 0 Å². The maximum absolute atomic E-state index is 14.0. The van der Waals surface area contributed by atoms with Crippen molar-refractivity contribution in [1.29, 1.82) is 0 Å². The molecule has 2 unspecified atom stereocenters. The first-order valence-corrected chi connectivity index (χ1v) is 7.93. The van der Waals surface area contributed by atoms with Crippen molar-refractivity contribution in [2.24, 2.45) is 0 Å². The van der Waals surface area contributed by atoms with E-state index in [4.69, 9.17) is 22.1 Å². The Morgan fingerprint density at radius 2 is 2.10 bits per heavy atom. The molecule has 1 saturated heterocycles. The Morgan fingerprint density at radius 3 is 2.75 bits per heavy atom. The molecule has 1 aliphatic heterocycles. The van der Waals surface area contributed by atoms with Gasteiger partial charge in [0, 0.05) is 17.6 Å². The Balaban J connectivity index is 2.50. The van der Waals surface area contributed by atoms with Gasteiger partial charge in [-0.05, 0) is 26.0 Å². The normalized spacial score (nSPS) is 24.8. The number of nitrogens with two attached hydrogens (primary N) is 1. The van der Waals surface area contributed by atoms with Crippen LogP contribution in [0.4, 0.5) is 10.1 Å². The van der Waals surface area contributed by atoms with Crippen molar-refractivity contribution < 1.29 is 17.5 Å². The summed E-state index contributed by atoms with van der Waals surface area (Å²) in [6.45, 7) is 3.89. The number of benzene rings is 1. The molecule has 2 rings (SSSR count). The standard InChI is InChI=1S/C12H16ClFN2O3S/c1-7-6-19-8(2)5-16(7)20(17,18)11-4-9(13)3-10(15)12(11)14/h3-4,7-8H,5-6,15H2,1-2H3. The third-order valence-electron chi connectivity index (χ3n) is 3.17. The van der Waals surface area contributed by atoms with Crippen LogP contribution in [0.1, 0.15) is 13.8 Å². The van der Waals surface area contributed by atoms with Crippen molar-refractivity contribution in [3.05, 3.63) is 23.0 Å². The lowest BCUT2D eigenvalue weighted by atomic mass is 10.2. The second kappa shape index (κ2) is 5.48. The molecule has 0 aromatic heterocycles. The third kappa shape index (κ3) is 2.76. The van der Waals surface area contributed by atoms with Crippen molar-refractivity contribution in [3.63, 3.8) is 0 Å². The van der Waals surface area contributed by atoms with Gasteiger partial charge in [-0.15, -0.1) is 0 Å². The summed E-state index contributed by atoms with van der Waals surface area (Å²) in [4.78, 5) is -0.497. The van der Waals surface area contributed by atoms with E-state index in [9.17, 15) is 12.8 Å². The van der Waals surface area contributed by atoms with E-state index in [0.717, 1.165) is 6.07 Å². The summed E-state index contributed by atoms with van der Waals surface area (Å²) in [7, 11) is -4.01. The van der Waals surface area contributed by atoms with Crippen molar-refractivity contribution in [2.75, 3.05) is 18.9 Å². The largest absolute Gasteiger partial charge is 0.396 e. The van der Waals surface area contributed by atoms with E-state index in [1.165, 1.54) is 10.4 Å². The summed E-state index contributed by atoms with van der Waals surface area (Å²) in [5, 5.41) is 0.0800. The van der Waals surface area contributed by atoms with E-state index < -0.39 is 20.7 Å². The highest BCUT2D eigenvalue weighted by Crippen LogP contribution is 2.29. The van der Waals surface area contributed by atoms with Crippen molar-refractivity contribution >= 4 is 27.3 Å². The highest BCUT2D eigenvalue weighted by Gasteiger charge is 2.36. The second-order valence-electron chi connectivity index (χ2n) is 4.87. The van der Waals surface area contributed by atoms with Crippen molar-refractivity contribution in [1.82, 2.24) is 4.31 Å². The smallest absolute Gasteiger partial charge is 0.246 e. The average Bonchev–Trinajstić information content (AvgIpc) is 2.36. The van der Waals surface area contributed by atoms with Gasteiger partial charge in [0.2, 0.25) is 10.0 Å². The fourth-order valence-electron chi connectivity index (χ4n) is 2.11. The second-order valence-corrected chi connectivity index (χ2v) is 7.17. The molecule has 2 atom stereocenters. The zero-order valence-corrected chi connectivity index (χ0v) is 12.7. The summed E-state index contributed by atoms with van der Waals surface area (Å²) in [6.07, 6.45) is -0.249. The number of anilines is 1. The van der Waals surface area contributed by atoms with Crippen LogP contribution in [-0.2, 0) is 14.8 Å². The first-order chi connectivity index (χ1) is 9.23. The zero-order chi connectivity index (χ0) is 15.1. The van der Waals surface area contributed by atoms with Gasteiger partial charge in [-0.25, -0.2) is 12.8 Å². The van der Waals surface area contributed by atoms with Gasteiger partial charge in [-0.1, -0.05) is 11.6 Å². The lowest BCUT2D eigenvalue weighted by Crippen LogP contribution is -2.50. The molecule has 5 nitrogen and oxygen atoms in total. The van der Waals surface area contributed by atoms with Gasteiger partial charge >= 0.3 is 0 Å². The fraction of sp³-hybridized carbons (Fsp3) is 0.500. The molecule has 0 aliphatic carbocycles. The zero-order valence-electron chi connectivity index (χ0n) is 11.1. The Hall–Kier alpha value is -0.890. The Labute approximate surface area is 122 Å². The van der Waals surface area contributed by atoms with Gasteiger partial charge in [0.15, 0.2) is 5.82 Å². The predicted octanol–water partition coefficient (Wildman–Crippen LogP) is 1.86. The quantitative estimate of drug-likeness (QED) is 0.844. The Bertz CT molecular complexity index is 623. The molecule has 8 heteroatoms. The topological polar surface area (TPSA) is 72.6 Å². The summed E-state index contributed by atoms with van der Waals surface area (Å²) in [6, 6.07) is 1.88. The summed E-state index contributed by atoms with van der Waals surface area (Å²) < 4.78 is 45.8.